The average molecular weight is 468 g/mol. The van der Waals surface area contributed by atoms with Gasteiger partial charge in [-0.2, -0.15) is 0 Å². The van der Waals surface area contributed by atoms with Crippen molar-refractivity contribution in [2.24, 2.45) is 0 Å². The molecule has 1 aromatic heterocycles. The molecule has 1 heterocycles. The van der Waals surface area contributed by atoms with E-state index in [0.29, 0.717) is 11.5 Å². The second-order valence-electron chi connectivity index (χ2n) is 7.59. The Kier molecular flexibility index (Phi) is 6.21. The molecule has 0 aliphatic carbocycles. The van der Waals surface area contributed by atoms with Crippen LogP contribution in [0.5, 0.6) is 11.5 Å². The maximum Gasteiger partial charge on any atom is 0.263 e. The molecule has 9 heteroatoms. The van der Waals surface area contributed by atoms with E-state index in [1.165, 1.54) is 0 Å². The number of anilines is 2. The lowest BCUT2D eigenvalue weighted by Gasteiger charge is -2.10. The lowest BCUT2D eigenvalue weighted by Crippen LogP contribution is -2.24. The van der Waals surface area contributed by atoms with E-state index < -0.39 is 11.8 Å². The lowest BCUT2D eigenvalue weighted by molar-refractivity contribution is -0.119. The molecule has 0 aliphatic heterocycles. The van der Waals surface area contributed by atoms with Gasteiger partial charge in [0, 0.05) is 10.8 Å². The van der Waals surface area contributed by atoms with Crippen molar-refractivity contribution in [3.05, 3.63) is 84.9 Å². The smallest absolute Gasteiger partial charge is 0.263 e. The summed E-state index contributed by atoms with van der Waals surface area (Å²) in [6, 6.07) is 26.6. The third-order valence-corrected chi connectivity index (χ3v) is 5.22. The van der Waals surface area contributed by atoms with E-state index in [1.54, 1.807) is 12.1 Å². The molecule has 5 rings (SSSR count). The SMILES string of the molecule is O=C(COc1cccc2ccccc12)Nc1nonc1NC(=O)COc1cccc2ccccc12. The number of rotatable bonds is 8. The molecule has 35 heavy (non-hydrogen) atoms. The number of amides is 2. The van der Waals surface area contributed by atoms with Gasteiger partial charge in [0.05, 0.1) is 0 Å². The molecule has 9 nitrogen and oxygen atoms in total. The third kappa shape index (κ3) is 5.03. The number of nitrogens with zero attached hydrogens (tertiary/aromatic N) is 2. The fraction of sp³-hybridized carbons (Fsp3) is 0.0769. The largest absolute Gasteiger partial charge is 0.483 e. The summed E-state index contributed by atoms with van der Waals surface area (Å²) in [7, 11) is 0. The Morgan fingerprint density at radius 3 is 1.54 bits per heavy atom. The van der Waals surface area contributed by atoms with Crippen molar-refractivity contribution in [3.8, 4) is 11.5 Å². The average Bonchev–Trinajstić information content (AvgIpc) is 3.32. The van der Waals surface area contributed by atoms with Crippen LogP contribution >= 0.6 is 0 Å². The first kappa shape index (κ1) is 21.9. The predicted octanol–water partition coefficient (Wildman–Crippen LogP) is 4.41. The van der Waals surface area contributed by atoms with Gasteiger partial charge >= 0.3 is 0 Å². The molecule has 0 spiro atoms. The van der Waals surface area contributed by atoms with Crippen molar-refractivity contribution >= 4 is 45.0 Å². The predicted molar refractivity (Wildman–Crippen MR) is 130 cm³/mol. The van der Waals surface area contributed by atoms with Crippen LogP contribution < -0.4 is 20.1 Å². The van der Waals surface area contributed by atoms with Crippen LogP contribution in [-0.4, -0.2) is 35.3 Å². The first-order valence-corrected chi connectivity index (χ1v) is 10.8. The molecule has 0 bridgehead atoms. The van der Waals surface area contributed by atoms with Crippen molar-refractivity contribution in [1.29, 1.82) is 0 Å². The highest BCUT2D eigenvalue weighted by molar-refractivity contribution is 5.98. The van der Waals surface area contributed by atoms with Crippen LogP contribution in [0.3, 0.4) is 0 Å². The minimum Gasteiger partial charge on any atom is -0.483 e. The van der Waals surface area contributed by atoms with E-state index in [9.17, 15) is 9.59 Å². The maximum absolute atomic E-state index is 12.4. The Morgan fingerprint density at radius 1 is 0.629 bits per heavy atom. The van der Waals surface area contributed by atoms with E-state index in [-0.39, 0.29) is 24.8 Å². The zero-order chi connectivity index (χ0) is 24.0. The normalized spacial score (nSPS) is 10.7. The van der Waals surface area contributed by atoms with Crippen molar-refractivity contribution < 1.29 is 23.7 Å². The van der Waals surface area contributed by atoms with Crippen molar-refractivity contribution in [1.82, 2.24) is 10.3 Å². The van der Waals surface area contributed by atoms with E-state index >= 15 is 0 Å². The molecule has 2 amide bonds. The first-order chi connectivity index (χ1) is 17.2. The highest BCUT2D eigenvalue weighted by Crippen LogP contribution is 2.26. The third-order valence-electron chi connectivity index (χ3n) is 5.22. The van der Waals surface area contributed by atoms with E-state index in [2.05, 4.69) is 25.6 Å². The minimum absolute atomic E-state index is 0.0324. The van der Waals surface area contributed by atoms with E-state index in [0.717, 1.165) is 21.5 Å². The van der Waals surface area contributed by atoms with Gasteiger partial charge in [-0.15, -0.1) is 0 Å². The van der Waals surface area contributed by atoms with Crippen LogP contribution in [-0.2, 0) is 9.59 Å². The molecular weight excluding hydrogens is 448 g/mol. The Labute approximate surface area is 199 Å². The molecule has 174 valence electrons. The quantitative estimate of drug-likeness (QED) is 0.347. The number of hydrogen-bond acceptors (Lipinski definition) is 7. The summed E-state index contributed by atoms with van der Waals surface area (Å²) in [5.41, 5.74) is 0. The Hall–Kier alpha value is -4.92. The maximum atomic E-state index is 12.4. The second kappa shape index (κ2) is 9.92. The summed E-state index contributed by atoms with van der Waals surface area (Å²) in [4.78, 5) is 24.8. The van der Waals surface area contributed by atoms with E-state index in [1.807, 2.05) is 72.8 Å². The van der Waals surface area contributed by atoms with E-state index in [4.69, 9.17) is 9.47 Å². The summed E-state index contributed by atoms with van der Waals surface area (Å²) < 4.78 is 16.0. The van der Waals surface area contributed by atoms with Crippen LogP contribution in [0.4, 0.5) is 11.6 Å². The molecule has 0 unspecified atom stereocenters. The van der Waals surface area contributed by atoms with Crippen molar-refractivity contribution in [2.45, 2.75) is 0 Å². The van der Waals surface area contributed by atoms with Gasteiger partial charge in [-0.25, -0.2) is 4.63 Å². The number of carbonyl (C=O) groups is 2. The molecule has 0 fully saturated rings. The summed E-state index contributed by atoms with van der Waals surface area (Å²) >= 11 is 0. The molecule has 4 aromatic carbocycles. The molecule has 0 atom stereocenters. The number of benzene rings is 4. The van der Waals surface area contributed by atoms with Crippen molar-refractivity contribution in [2.75, 3.05) is 23.8 Å². The van der Waals surface area contributed by atoms with Crippen LogP contribution in [0.1, 0.15) is 0 Å². The van der Waals surface area contributed by atoms with Gasteiger partial charge in [-0.05, 0) is 33.2 Å². The lowest BCUT2D eigenvalue weighted by atomic mass is 10.1. The number of fused-ring (bicyclic) bond motifs is 2. The van der Waals surface area contributed by atoms with Crippen LogP contribution in [0, 0.1) is 0 Å². The highest BCUT2D eigenvalue weighted by Gasteiger charge is 2.17. The number of aromatic nitrogens is 2. The number of carbonyl (C=O) groups excluding carboxylic acids is 2. The fourth-order valence-electron chi connectivity index (χ4n) is 3.62. The zero-order valence-corrected chi connectivity index (χ0v) is 18.4. The standard InChI is InChI=1S/C26H20N4O5/c31-23(15-33-21-13-5-9-17-7-1-3-11-19(17)21)27-25-26(30-35-29-25)28-24(32)16-34-22-14-6-10-18-8-2-4-12-20(18)22/h1-14H,15-16H2,(H,27,29,31)(H,28,30,32). The van der Waals surface area contributed by atoms with Crippen molar-refractivity contribution in [3.63, 3.8) is 0 Å². The summed E-state index contributed by atoms with van der Waals surface area (Å²) in [6.07, 6.45) is 0. The highest BCUT2D eigenvalue weighted by atomic mass is 16.6. The Balaban J connectivity index is 1.17. The van der Waals surface area contributed by atoms with Gasteiger partial charge in [0.2, 0.25) is 11.6 Å². The molecule has 5 aromatic rings. The molecule has 0 aliphatic rings. The Bertz CT molecular complexity index is 1390. The minimum atomic E-state index is -0.490. The monoisotopic (exact) mass is 468 g/mol. The summed E-state index contributed by atoms with van der Waals surface area (Å²) in [5.74, 6) is 0.114. The van der Waals surface area contributed by atoms with Gasteiger partial charge in [-0.1, -0.05) is 72.8 Å². The molecular formula is C26H20N4O5. The molecule has 2 N–H and O–H groups in total. The van der Waals surface area contributed by atoms with Gasteiger partial charge in [0.1, 0.15) is 11.5 Å². The molecule has 0 saturated heterocycles. The second-order valence-corrected chi connectivity index (χ2v) is 7.59. The summed E-state index contributed by atoms with van der Waals surface area (Å²) in [5, 5.41) is 16.1. The van der Waals surface area contributed by atoms with Gasteiger partial charge in [-0.3, -0.25) is 9.59 Å². The van der Waals surface area contributed by atoms with Crippen LogP contribution in [0.15, 0.2) is 89.6 Å². The van der Waals surface area contributed by atoms with Gasteiger partial charge in [0.25, 0.3) is 11.8 Å². The van der Waals surface area contributed by atoms with Gasteiger partial charge in [0.15, 0.2) is 13.2 Å². The fourth-order valence-corrected chi connectivity index (χ4v) is 3.62. The topological polar surface area (TPSA) is 116 Å². The zero-order valence-electron chi connectivity index (χ0n) is 18.4. The number of ether oxygens (including phenoxy) is 2. The van der Waals surface area contributed by atoms with Gasteiger partial charge < -0.3 is 20.1 Å². The van der Waals surface area contributed by atoms with Crippen LogP contribution in [0.25, 0.3) is 21.5 Å². The number of nitrogens with one attached hydrogen (secondary N) is 2. The molecule has 0 saturated carbocycles. The number of hydrogen-bond donors (Lipinski definition) is 2. The summed E-state index contributed by atoms with van der Waals surface area (Å²) in [6.45, 7) is -0.531. The Morgan fingerprint density at radius 2 is 1.06 bits per heavy atom. The molecule has 0 radical (unpaired) electrons. The van der Waals surface area contributed by atoms with Crippen LogP contribution in [0.2, 0.25) is 0 Å². The first-order valence-electron chi connectivity index (χ1n) is 10.8.